The molecule has 0 unspecified atom stereocenters. The third-order valence-corrected chi connectivity index (χ3v) is 7.22. The highest BCUT2D eigenvalue weighted by Gasteiger charge is 2.77. The Morgan fingerprint density at radius 3 is 2.42 bits per heavy atom. The lowest BCUT2D eigenvalue weighted by atomic mass is 9.55. The number of hydrogen-bond donors (Lipinski definition) is 1. The number of fused-ring (bicyclic) bond motifs is 1. The second-order valence-electron chi connectivity index (χ2n) is 8.49. The van der Waals surface area contributed by atoms with Gasteiger partial charge in [-0.15, -0.1) is 0 Å². The Bertz CT molecular complexity index is 1040. The molecule has 178 valence electrons. The van der Waals surface area contributed by atoms with E-state index in [1.807, 2.05) is 0 Å². The topological polar surface area (TPSA) is 129 Å². The van der Waals surface area contributed by atoms with E-state index in [0.29, 0.717) is 22.6 Å². The van der Waals surface area contributed by atoms with E-state index in [1.165, 1.54) is 26.2 Å². The van der Waals surface area contributed by atoms with E-state index in [1.54, 1.807) is 19.1 Å². The van der Waals surface area contributed by atoms with Gasteiger partial charge in [-0.25, -0.2) is 4.79 Å². The van der Waals surface area contributed by atoms with Crippen LogP contribution < -0.4 is 9.47 Å². The number of aliphatic hydroxyl groups is 1. The molecule has 2 heterocycles. The van der Waals surface area contributed by atoms with Crippen molar-refractivity contribution in [2.45, 2.75) is 50.3 Å². The Balaban J connectivity index is 2.10. The summed E-state index contributed by atoms with van der Waals surface area (Å²) in [5.41, 5.74) is -2.28. The van der Waals surface area contributed by atoms with Crippen molar-refractivity contribution >= 4 is 23.6 Å². The minimum atomic E-state index is -1.92. The molecule has 1 aromatic carbocycles. The fraction of sp³-hybridized carbons (Fsp3) is 0.565. The highest BCUT2D eigenvalue weighted by Crippen LogP contribution is 2.64. The van der Waals surface area contributed by atoms with E-state index in [2.05, 4.69) is 0 Å². The van der Waals surface area contributed by atoms with Gasteiger partial charge in [-0.2, -0.15) is 0 Å². The number of ketones is 1. The van der Waals surface area contributed by atoms with Gasteiger partial charge in [0.1, 0.15) is 17.2 Å². The second kappa shape index (κ2) is 8.02. The molecule has 4 rings (SSSR count). The first kappa shape index (κ1) is 23.0. The summed E-state index contributed by atoms with van der Waals surface area (Å²) >= 11 is 0. The molecule has 3 aliphatic rings. The second-order valence-corrected chi connectivity index (χ2v) is 8.49. The molecule has 1 spiro atoms. The zero-order valence-electron chi connectivity index (χ0n) is 19.0. The lowest BCUT2D eigenvalue weighted by molar-refractivity contribution is -0.180. The Morgan fingerprint density at radius 1 is 1.15 bits per heavy atom. The number of aliphatic hydroxyl groups excluding tert-OH is 1. The Labute approximate surface area is 190 Å². The largest absolute Gasteiger partial charge is 0.493 e. The zero-order chi connectivity index (χ0) is 24.1. The number of carbonyl (C=O) groups excluding carboxylic acids is 4. The summed E-state index contributed by atoms with van der Waals surface area (Å²) in [6, 6.07) is 2.24. The number of Topliss-reactive ketones (excluding diaryl/α,β-unsaturated/α-hetero) is 1. The number of esters is 2. The van der Waals surface area contributed by atoms with Crippen molar-refractivity contribution in [1.29, 1.82) is 0 Å². The normalized spacial score (nSPS) is 30.2. The summed E-state index contributed by atoms with van der Waals surface area (Å²) < 4.78 is 21.2. The maximum Gasteiger partial charge on any atom is 0.328 e. The number of ether oxygens (including phenoxy) is 4. The van der Waals surface area contributed by atoms with E-state index < -0.39 is 47.4 Å². The quantitative estimate of drug-likeness (QED) is 0.623. The molecular weight excluding hydrogens is 434 g/mol. The van der Waals surface area contributed by atoms with Crippen LogP contribution in [-0.4, -0.2) is 73.7 Å². The summed E-state index contributed by atoms with van der Waals surface area (Å²) in [6.45, 7) is 1.59. The van der Waals surface area contributed by atoms with Gasteiger partial charge in [0.05, 0.1) is 33.5 Å². The lowest BCUT2D eigenvalue weighted by Crippen LogP contribution is -2.65. The molecule has 1 N–H and O–H groups in total. The summed E-state index contributed by atoms with van der Waals surface area (Å²) in [4.78, 5) is 53.8. The van der Waals surface area contributed by atoms with E-state index in [0.717, 1.165) is 0 Å². The molecule has 1 aromatic rings. The molecule has 0 aromatic heterocycles. The number of carbonyl (C=O) groups is 4. The van der Waals surface area contributed by atoms with Crippen molar-refractivity contribution in [1.82, 2.24) is 4.90 Å². The molecule has 0 radical (unpaired) electrons. The third-order valence-electron chi connectivity index (χ3n) is 7.22. The number of amides is 1. The Kier molecular flexibility index (Phi) is 5.60. The first-order valence-electron chi connectivity index (χ1n) is 10.8. The molecule has 10 heteroatoms. The fourth-order valence-corrected chi connectivity index (χ4v) is 5.91. The van der Waals surface area contributed by atoms with E-state index >= 15 is 0 Å². The van der Waals surface area contributed by atoms with Crippen LogP contribution in [0.15, 0.2) is 12.1 Å². The molecule has 33 heavy (non-hydrogen) atoms. The van der Waals surface area contributed by atoms with Crippen LogP contribution in [0.2, 0.25) is 0 Å². The predicted molar refractivity (Wildman–Crippen MR) is 112 cm³/mol. The van der Waals surface area contributed by atoms with Crippen molar-refractivity contribution in [2.75, 3.05) is 27.9 Å². The van der Waals surface area contributed by atoms with Gasteiger partial charge < -0.3 is 29.0 Å². The number of rotatable bonds is 5. The number of benzene rings is 1. The van der Waals surface area contributed by atoms with Crippen LogP contribution in [0.5, 0.6) is 11.5 Å². The number of methoxy groups -OCH3 is 3. The average Bonchev–Trinajstić information content (AvgIpc) is 3.02. The molecule has 1 saturated heterocycles. The van der Waals surface area contributed by atoms with Gasteiger partial charge in [-0.05, 0) is 36.6 Å². The van der Waals surface area contributed by atoms with Gasteiger partial charge in [-0.3, -0.25) is 14.4 Å². The van der Waals surface area contributed by atoms with Gasteiger partial charge in [-0.1, -0.05) is 0 Å². The molecular formula is C23H27NO9. The van der Waals surface area contributed by atoms with Gasteiger partial charge >= 0.3 is 11.9 Å². The first-order chi connectivity index (χ1) is 15.7. The van der Waals surface area contributed by atoms with Crippen molar-refractivity contribution in [3.8, 4) is 11.5 Å². The average molecular weight is 461 g/mol. The van der Waals surface area contributed by atoms with Crippen molar-refractivity contribution in [3.63, 3.8) is 0 Å². The Morgan fingerprint density at radius 2 is 1.82 bits per heavy atom. The van der Waals surface area contributed by atoms with Crippen LogP contribution in [0.3, 0.4) is 0 Å². The maximum atomic E-state index is 13.5. The smallest absolute Gasteiger partial charge is 0.328 e. The van der Waals surface area contributed by atoms with Crippen LogP contribution in [-0.2, 0) is 40.6 Å². The van der Waals surface area contributed by atoms with Crippen LogP contribution in [0.4, 0.5) is 0 Å². The molecule has 4 atom stereocenters. The van der Waals surface area contributed by atoms with Crippen LogP contribution >= 0.6 is 0 Å². The van der Waals surface area contributed by atoms with Crippen LogP contribution in [0.25, 0.3) is 0 Å². The maximum absolute atomic E-state index is 13.5. The molecule has 2 fully saturated rings. The molecule has 0 bridgehead atoms. The summed E-state index contributed by atoms with van der Waals surface area (Å²) in [5, 5.41) is 11.3. The molecule has 2 aliphatic heterocycles. The van der Waals surface area contributed by atoms with Crippen molar-refractivity contribution in [2.24, 2.45) is 5.41 Å². The Hall–Kier alpha value is -3.14. The van der Waals surface area contributed by atoms with E-state index in [4.69, 9.17) is 18.9 Å². The lowest BCUT2D eigenvalue weighted by Gasteiger charge is -2.55. The van der Waals surface area contributed by atoms with Gasteiger partial charge in [0, 0.05) is 19.3 Å². The van der Waals surface area contributed by atoms with E-state index in [9.17, 15) is 24.3 Å². The highest BCUT2D eigenvalue weighted by atomic mass is 16.5. The minimum absolute atomic E-state index is 0.00894. The minimum Gasteiger partial charge on any atom is -0.493 e. The number of nitrogens with zero attached hydrogens (tertiary/aromatic N) is 1. The third kappa shape index (κ3) is 2.82. The zero-order valence-corrected chi connectivity index (χ0v) is 19.0. The number of hydrogen-bond acceptors (Lipinski definition) is 9. The van der Waals surface area contributed by atoms with Crippen LogP contribution in [0.1, 0.15) is 37.3 Å². The van der Waals surface area contributed by atoms with Gasteiger partial charge in [0.25, 0.3) is 5.91 Å². The fourth-order valence-electron chi connectivity index (χ4n) is 5.91. The molecule has 1 saturated carbocycles. The van der Waals surface area contributed by atoms with Gasteiger partial charge in [0.15, 0.2) is 17.6 Å². The van der Waals surface area contributed by atoms with Crippen LogP contribution in [0, 0.1) is 5.41 Å². The van der Waals surface area contributed by atoms with Crippen molar-refractivity contribution in [3.05, 3.63) is 23.3 Å². The van der Waals surface area contributed by atoms with Crippen molar-refractivity contribution < 1.29 is 43.2 Å². The first-order valence-corrected chi connectivity index (χ1v) is 10.8. The summed E-state index contributed by atoms with van der Waals surface area (Å²) in [6.07, 6.45) is -2.10. The molecule has 1 amide bonds. The molecule has 10 nitrogen and oxygen atoms in total. The molecule has 1 aliphatic carbocycles. The summed E-state index contributed by atoms with van der Waals surface area (Å²) in [5.74, 6) is -1.87. The monoisotopic (exact) mass is 461 g/mol. The standard InChI is InChI=1S/C23H27NO9/c1-5-33-21(29)22-11-13(25)6-7-23(22)14-10-17(31-3)16(30-2)9-12(14)8-15(20(28)32-4)24(23)19(27)18(22)26/h9-10,15,18,26H,5-8,11H2,1-4H3/t15-,18+,22-,23+/m0/s1. The highest BCUT2D eigenvalue weighted by molar-refractivity contribution is 6.02. The summed E-state index contributed by atoms with van der Waals surface area (Å²) in [7, 11) is 4.14. The van der Waals surface area contributed by atoms with Gasteiger partial charge in [0.2, 0.25) is 0 Å². The SMILES string of the molecule is CCOC(=O)[C@@]12CC(=O)CC[C@@]13c1cc(OC)c(OC)cc1C[C@@H](C(=O)OC)N3C(=O)[C@H]2O. The van der Waals surface area contributed by atoms with E-state index in [-0.39, 0.29) is 31.7 Å². The predicted octanol–water partition coefficient (Wildman–Crippen LogP) is 0.502.